The van der Waals surface area contributed by atoms with Gasteiger partial charge in [-0.2, -0.15) is 0 Å². The smallest absolute Gasteiger partial charge is 0.00853 e. The van der Waals surface area contributed by atoms with Crippen molar-refractivity contribution in [1.29, 1.82) is 0 Å². The zero-order valence-corrected chi connectivity index (χ0v) is 18.4. The monoisotopic (exact) mass is 368 g/mol. The molecule has 0 unspecified atom stereocenters. The van der Waals surface area contributed by atoms with Crippen molar-refractivity contribution in [1.82, 2.24) is 0 Å². The van der Waals surface area contributed by atoms with Gasteiger partial charge < -0.3 is 0 Å². The molecule has 0 nitrogen and oxygen atoms in total. The van der Waals surface area contributed by atoms with E-state index in [0.29, 0.717) is 10.8 Å². The summed E-state index contributed by atoms with van der Waals surface area (Å²) in [5.41, 5.74) is 3.12. The van der Waals surface area contributed by atoms with Crippen LogP contribution >= 0.6 is 0 Å². The molecule has 0 N–H and O–H groups in total. The van der Waals surface area contributed by atoms with Gasteiger partial charge in [0.15, 0.2) is 0 Å². The maximum absolute atomic E-state index is 2.75. The summed E-state index contributed by atoms with van der Waals surface area (Å²) in [5, 5.41) is 0. The molecule has 0 amide bonds. The molecular weight excluding hydrogens is 324 g/mol. The van der Waals surface area contributed by atoms with Gasteiger partial charge in [-0.05, 0) is 97.7 Å². The Hall–Kier alpha value is -0.260. The lowest BCUT2D eigenvalue weighted by Crippen LogP contribution is -2.50. The second-order valence-corrected chi connectivity index (χ2v) is 12.0. The molecule has 4 fully saturated rings. The summed E-state index contributed by atoms with van der Waals surface area (Å²) >= 11 is 0. The van der Waals surface area contributed by atoms with Crippen LogP contribution in [-0.2, 0) is 0 Å². The van der Waals surface area contributed by atoms with E-state index in [9.17, 15) is 0 Å². The molecular formula is C27H44. The lowest BCUT2D eigenvalue weighted by Gasteiger charge is -2.58. The van der Waals surface area contributed by atoms with Gasteiger partial charge in [0.2, 0.25) is 0 Å². The van der Waals surface area contributed by atoms with Crippen LogP contribution in [0.3, 0.4) is 0 Å². The van der Waals surface area contributed by atoms with E-state index in [2.05, 4.69) is 26.8 Å². The Morgan fingerprint density at radius 3 is 2.67 bits per heavy atom. The van der Waals surface area contributed by atoms with Crippen molar-refractivity contribution < 1.29 is 0 Å². The first-order chi connectivity index (χ1) is 13.0. The SMILES string of the molecule is C[C@H](CCCC1CC1)[C@H]1CC[C@H]2[C@@H]3CC=C4CCCC[C@]4(C)[C@H]3CC[C@]12C. The molecule has 7 atom stereocenters. The Kier molecular flexibility index (Phi) is 4.80. The van der Waals surface area contributed by atoms with Crippen LogP contribution in [-0.4, -0.2) is 0 Å². The molecule has 0 aromatic heterocycles. The van der Waals surface area contributed by atoms with Crippen LogP contribution in [0.2, 0.25) is 0 Å². The van der Waals surface area contributed by atoms with E-state index in [1.54, 1.807) is 19.3 Å². The predicted molar refractivity (Wildman–Crippen MR) is 116 cm³/mol. The Bertz CT molecular complexity index is 583. The zero-order chi connectivity index (χ0) is 18.6. The highest BCUT2D eigenvalue weighted by Gasteiger charge is 2.58. The van der Waals surface area contributed by atoms with Crippen molar-refractivity contribution >= 4 is 0 Å². The first-order valence-corrected chi connectivity index (χ1v) is 12.7. The summed E-state index contributed by atoms with van der Waals surface area (Å²) < 4.78 is 0. The Labute approximate surface area is 169 Å². The van der Waals surface area contributed by atoms with E-state index in [1.807, 2.05) is 5.57 Å². The Morgan fingerprint density at radius 1 is 1.00 bits per heavy atom. The minimum absolute atomic E-state index is 0.580. The predicted octanol–water partition coefficient (Wildman–Crippen LogP) is 8.17. The van der Waals surface area contributed by atoms with Crippen LogP contribution in [0.15, 0.2) is 11.6 Å². The zero-order valence-electron chi connectivity index (χ0n) is 18.4. The van der Waals surface area contributed by atoms with E-state index < -0.39 is 0 Å². The number of hydrogen-bond donors (Lipinski definition) is 0. The second-order valence-electron chi connectivity index (χ2n) is 12.0. The average Bonchev–Trinajstić information content (AvgIpc) is 3.40. The van der Waals surface area contributed by atoms with Gasteiger partial charge in [-0.1, -0.05) is 70.9 Å². The van der Waals surface area contributed by atoms with Crippen LogP contribution in [0.25, 0.3) is 0 Å². The van der Waals surface area contributed by atoms with Crippen LogP contribution in [0.4, 0.5) is 0 Å². The molecule has 5 rings (SSSR count). The van der Waals surface area contributed by atoms with Gasteiger partial charge in [0.1, 0.15) is 0 Å². The number of fused-ring (bicyclic) bond motifs is 5. The minimum atomic E-state index is 0.580. The highest BCUT2D eigenvalue weighted by molar-refractivity contribution is 5.24. The summed E-state index contributed by atoms with van der Waals surface area (Å²) in [5.74, 6) is 6.17. The van der Waals surface area contributed by atoms with Crippen LogP contribution in [0.5, 0.6) is 0 Å². The van der Waals surface area contributed by atoms with Gasteiger partial charge in [0, 0.05) is 0 Å². The largest absolute Gasteiger partial charge is 0.0845 e. The van der Waals surface area contributed by atoms with Gasteiger partial charge in [-0.3, -0.25) is 0 Å². The fraction of sp³-hybridized carbons (Fsp3) is 0.926. The maximum Gasteiger partial charge on any atom is -0.00853 e. The topological polar surface area (TPSA) is 0 Å². The van der Waals surface area contributed by atoms with Crippen LogP contribution in [0.1, 0.15) is 111 Å². The van der Waals surface area contributed by atoms with E-state index in [-0.39, 0.29) is 0 Å². The summed E-state index contributed by atoms with van der Waals surface area (Å²) in [4.78, 5) is 0. The van der Waals surface area contributed by atoms with Crippen LogP contribution < -0.4 is 0 Å². The quantitative estimate of drug-likeness (QED) is 0.429. The third-order valence-corrected chi connectivity index (χ3v) is 10.7. The van der Waals surface area contributed by atoms with Gasteiger partial charge in [-0.15, -0.1) is 0 Å². The number of allylic oxidation sites excluding steroid dienone is 2. The molecule has 0 heterocycles. The molecule has 0 spiro atoms. The van der Waals surface area contributed by atoms with E-state index in [1.165, 1.54) is 70.6 Å². The van der Waals surface area contributed by atoms with E-state index >= 15 is 0 Å². The molecule has 0 saturated heterocycles. The molecule has 4 saturated carbocycles. The third kappa shape index (κ3) is 3.07. The molecule has 5 aliphatic rings. The summed E-state index contributed by atoms with van der Waals surface area (Å²) in [7, 11) is 0. The van der Waals surface area contributed by atoms with Gasteiger partial charge in [0.25, 0.3) is 0 Å². The summed E-state index contributed by atoms with van der Waals surface area (Å²) in [6, 6.07) is 0. The van der Waals surface area contributed by atoms with Gasteiger partial charge >= 0.3 is 0 Å². The highest BCUT2D eigenvalue weighted by atomic mass is 14.6. The van der Waals surface area contributed by atoms with Crippen molar-refractivity contribution in [3.8, 4) is 0 Å². The van der Waals surface area contributed by atoms with Crippen molar-refractivity contribution in [2.24, 2.45) is 46.3 Å². The lowest BCUT2D eigenvalue weighted by atomic mass is 9.47. The normalized spacial score (nSPS) is 47.6. The van der Waals surface area contributed by atoms with E-state index in [4.69, 9.17) is 0 Å². The Morgan fingerprint density at radius 2 is 1.85 bits per heavy atom. The van der Waals surface area contributed by atoms with Crippen LogP contribution in [0, 0.1) is 46.3 Å². The molecule has 0 bridgehead atoms. The maximum atomic E-state index is 2.75. The lowest BCUT2D eigenvalue weighted by molar-refractivity contribution is -0.0500. The second kappa shape index (κ2) is 6.91. The molecule has 0 aliphatic heterocycles. The molecule has 152 valence electrons. The molecule has 0 heteroatoms. The summed E-state index contributed by atoms with van der Waals surface area (Å²) in [6.07, 6.45) is 23.8. The molecule has 0 aromatic rings. The standard InChI is InChI=1S/C27H44/c1-19(7-6-8-20-10-11-20)23-14-15-24-22-13-12-21-9-4-5-17-26(21,2)25(22)16-18-27(23,24)3/h12,19-20,22-25H,4-11,13-18H2,1-3H3/t19-,22+,23-,24+,25+,26+,27-/m1/s1. The molecule has 0 radical (unpaired) electrons. The molecule has 0 aromatic carbocycles. The number of rotatable bonds is 5. The first kappa shape index (κ1) is 18.7. The summed E-state index contributed by atoms with van der Waals surface area (Å²) in [6.45, 7) is 8.04. The molecule has 27 heavy (non-hydrogen) atoms. The minimum Gasteiger partial charge on any atom is -0.0845 e. The fourth-order valence-electron chi connectivity index (χ4n) is 9.01. The van der Waals surface area contributed by atoms with Crippen molar-refractivity contribution in [2.45, 2.75) is 111 Å². The fourth-order valence-corrected chi connectivity index (χ4v) is 9.01. The number of hydrogen-bond acceptors (Lipinski definition) is 0. The van der Waals surface area contributed by atoms with Crippen molar-refractivity contribution in [2.75, 3.05) is 0 Å². The van der Waals surface area contributed by atoms with Crippen molar-refractivity contribution in [3.05, 3.63) is 11.6 Å². The Balaban J connectivity index is 1.31. The third-order valence-electron chi connectivity index (χ3n) is 10.7. The van der Waals surface area contributed by atoms with Gasteiger partial charge in [0.05, 0.1) is 0 Å². The first-order valence-electron chi connectivity index (χ1n) is 12.7. The highest BCUT2D eigenvalue weighted by Crippen LogP contribution is 2.67. The van der Waals surface area contributed by atoms with Crippen molar-refractivity contribution in [3.63, 3.8) is 0 Å². The average molecular weight is 369 g/mol. The van der Waals surface area contributed by atoms with E-state index in [0.717, 1.165) is 35.5 Å². The van der Waals surface area contributed by atoms with Gasteiger partial charge in [-0.25, -0.2) is 0 Å². The molecule has 5 aliphatic carbocycles.